The SMILES string of the molecule is CCOc1cc(/C=C2\SC(=NC)N(C)C2=O)c(Br)cc1OC(C)=O. The Balaban J connectivity index is 2.44. The van der Waals surface area contributed by atoms with Crippen LogP contribution in [0.2, 0.25) is 0 Å². The van der Waals surface area contributed by atoms with Gasteiger partial charge in [0.25, 0.3) is 5.91 Å². The van der Waals surface area contributed by atoms with Crippen LogP contribution in [0.3, 0.4) is 0 Å². The maximum absolute atomic E-state index is 12.3. The molecule has 0 aromatic heterocycles. The molecule has 1 heterocycles. The van der Waals surface area contributed by atoms with Gasteiger partial charge < -0.3 is 9.47 Å². The molecule has 0 saturated carbocycles. The summed E-state index contributed by atoms with van der Waals surface area (Å²) in [5.41, 5.74) is 0.746. The summed E-state index contributed by atoms with van der Waals surface area (Å²) in [5.74, 6) is 0.225. The van der Waals surface area contributed by atoms with Gasteiger partial charge in [0.2, 0.25) is 0 Å². The van der Waals surface area contributed by atoms with Crippen molar-refractivity contribution in [3.8, 4) is 11.5 Å². The van der Waals surface area contributed by atoms with Crippen molar-refractivity contribution in [2.24, 2.45) is 4.99 Å². The van der Waals surface area contributed by atoms with Gasteiger partial charge in [-0.05, 0) is 42.5 Å². The third kappa shape index (κ3) is 3.99. The number of esters is 1. The van der Waals surface area contributed by atoms with Gasteiger partial charge >= 0.3 is 5.97 Å². The number of likely N-dealkylation sites (N-methyl/N-ethyl adjacent to an activating group) is 1. The molecule has 1 aliphatic rings. The van der Waals surface area contributed by atoms with Crippen molar-refractivity contribution in [1.82, 2.24) is 4.90 Å². The zero-order valence-electron chi connectivity index (χ0n) is 13.8. The summed E-state index contributed by atoms with van der Waals surface area (Å²) < 4.78 is 11.4. The van der Waals surface area contributed by atoms with Crippen LogP contribution in [0.1, 0.15) is 19.4 Å². The molecule has 1 aliphatic heterocycles. The van der Waals surface area contributed by atoms with Crippen molar-refractivity contribution in [2.45, 2.75) is 13.8 Å². The van der Waals surface area contributed by atoms with Crippen LogP contribution in [-0.2, 0) is 9.59 Å². The molecule has 0 unspecified atom stereocenters. The maximum Gasteiger partial charge on any atom is 0.308 e. The number of hydrogen-bond donors (Lipinski definition) is 0. The third-order valence-corrected chi connectivity index (χ3v) is 4.94. The molecule has 1 aromatic rings. The lowest BCUT2D eigenvalue weighted by Crippen LogP contribution is -2.23. The van der Waals surface area contributed by atoms with Crippen molar-refractivity contribution >= 4 is 50.8 Å². The number of thioether (sulfide) groups is 1. The van der Waals surface area contributed by atoms with Crippen LogP contribution in [0.5, 0.6) is 11.5 Å². The standard InChI is InChI=1S/C16H17BrN2O4S/c1-5-22-12-6-10(11(17)8-13(12)23-9(2)20)7-14-15(21)19(4)16(18-3)24-14/h6-8H,5H2,1-4H3/b14-7-,18-16?. The van der Waals surface area contributed by atoms with Crippen molar-refractivity contribution in [3.63, 3.8) is 0 Å². The van der Waals surface area contributed by atoms with E-state index in [9.17, 15) is 9.59 Å². The molecule has 0 aliphatic carbocycles. The zero-order chi connectivity index (χ0) is 17.9. The molecule has 8 heteroatoms. The number of benzene rings is 1. The number of nitrogens with zero attached hydrogens (tertiary/aromatic N) is 2. The van der Waals surface area contributed by atoms with Crippen molar-refractivity contribution in [2.75, 3.05) is 20.7 Å². The minimum Gasteiger partial charge on any atom is -0.490 e. The molecule has 0 spiro atoms. The van der Waals surface area contributed by atoms with Gasteiger partial charge in [0.15, 0.2) is 16.7 Å². The normalized spacial score (nSPS) is 17.7. The number of amides is 1. The lowest BCUT2D eigenvalue weighted by atomic mass is 10.2. The molecule has 1 amide bonds. The van der Waals surface area contributed by atoms with Crippen molar-refractivity contribution in [3.05, 3.63) is 27.1 Å². The lowest BCUT2D eigenvalue weighted by molar-refractivity contribution is -0.132. The molecule has 6 nitrogen and oxygen atoms in total. The average molecular weight is 413 g/mol. The predicted molar refractivity (Wildman–Crippen MR) is 98.3 cm³/mol. The first-order chi connectivity index (χ1) is 11.4. The largest absolute Gasteiger partial charge is 0.490 e. The topological polar surface area (TPSA) is 68.2 Å². The Labute approximate surface area is 153 Å². The molecule has 0 radical (unpaired) electrons. The van der Waals surface area contributed by atoms with Crippen molar-refractivity contribution in [1.29, 1.82) is 0 Å². The van der Waals surface area contributed by atoms with E-state index in [0.717, 1.165) is 5.56 Å². The first-order valence-electron chi connectivity index (χ1n) is 7.16. The Morgan fingerprint density at radius 3 is 2.67 bits per heavy atom. The van der Waals surface area contributed by atoms with Crippen LogP contribution in [0.15, 0.2) is 26.5 Å². The van der Waals surface area contributed by atoms with Gasteiger partial charge in [-0.2, -0.15) is 0 Å². The van der Waals surface area contributed by atoms with Crippen LogP contribution < -0.4 is 9.47 Å². The summed E-state index contributed by atoms with van der Waals surface area (Å²) in [6.45, 7) is 3.59. The quantitative estimate of drug-likeness (QED) is 0.431. The number of rotatable bonds is 4. The van der Waals surface area contributed by atoms with Crippen LogP contribution in [0.25, 0.3) is 6.08 Å². The summed E-state index contributed by atoms with van der Waals surface area (Å²) in [6, 6.07) is 3.38. The number of carbonyl (C=O) groups is 2. The monoisotopic (exact) mass is 412 g/mol. The average Bonchev–Trinajstić information content (AvgIpc) is 2.79. The van der Waals surface area contributed by atoms with Crippen LogP contribution in [0.4, 0.5) is 0 Å². The van der Waals surface area contributed by atoms with Crippen LogP contribution >= 0.6 is 27.7 Å². The Morgan fingerprint density at radius 2 is 2.12 bits per heavy atom. The lowest BCUT2D eigenvalue weighted by Gasteiger charge is -2.12. The van der Waals surface area contributed by atoms with E-state index >= 15 is 0 Å². The Bertz CT molecular complexity index is 746. The number of aliphatic imine (C=N–C) groups is 1. The first-order valence-corrected chi connectivity index (χ1v) is 8.77. The smallest absolute Gasteiger partial charge is 0.308 e. The fourth-order valence-electron chi connectivity index (χ4n) is 2.06. The van der Waals surface area contributed by atoms with Gasteiger partial charge in [-0.1, -0.05) is 15.9 Å². The van der Waals surface area contributed by atoms with E-state index in [-0.39, 0.29) is 5.91 Å². The summed E-state index contributed by atoms with van der Waals surface area (Å²) in [5, 5.41) is 0.643. The minimum atomic E-state index is -0.430. The van der Waals surface area contributed by atoms with Gasteiger partial charge in [0, 0.05) is 25.5 Å². The Kier molecular flexibility index (Phi) is 6.06. The molecule has 0 bridgehead atoms. The van der Waals surface area contributed by atoms with Crippen molar-refractivity contribution < 1.29 is 19.1 Å². The summed E-state index contributed by atoms with van der Waals surface area (Å²) >= 11 is 4.75. The van der Waals surface area contributed by atoms with E-state index in [1.807, 2.05) is 6.92 Å². The highest BCUT2D eigenvalue weighted by Crippen LogP contribution is 2.37. The molecule has 0 N–H and O–H groups in total. The second kappa shape index (κ2) is 7.85. The molecule has 24 heavy (non-hydrogen) atoms. The second-order valence-corrected chi connectivity index (χ2v) is 6.69. The second-order valence-electron chi connectivity index (χ2n) is 4.83. The third-order valence-electron chi connectivity index (χ3n) is 3.10. The van der Waals surface area contributed by atoms with Gasteiger partial charge in [-0.3, -0.25) is 19.5 Å². The van der Waals surface area contributed by atoms with E-state index in [1.54, 1.807) is 32.3 Å². The van der Waals surface area contributed by atoms with E-state index in [1.165, 1.54) is 23.6 Å². The first kappa shape index (κ1) is 18.5. The highest BCUT2D eigenvalue weighted by molar-refractivity contribution is 9.10. The zero-order valence-corrected chi connectivity index (χ0v) is 16.2. The Hall–Kier alpha value is -1.80. The predicted octanol–water partition coefficient (Wildman–Crippen LogP) is 3.31. The molecule has 2 rings (SSSR count). The number of ether oxygens (including phenoxy) is 2. The number of halogens is 1. The van der Waals surface area contributed by atoms with Gasteiger partial charge in [-0.15, -0.1) is 0 Å². The summed E-state index contributed by atoms with van der Waals surface area (Å²) in [4.78, 5) is 29.6. The van der Waals surface area contributed by atoms with E-state index in [2.05, 4.69) is 20.9 Å². The molecule has 1 saturated heterocycles. The molecular weight excluding hydrogens is 396 g/mol. The molecule has 1 fully saturated rings. The fraction of sp³-hybridized carbons (Fsp3) is 0.312. The van der Waals surface area contributed by atoms with Crippen LogP contribution in [0, 0.1) is 0 Å². The molecule has 1 aromatic carbocycles. The number of hydrogen-bond acceptors (Lipinski definition) is 6. The minimum absolute atomic E-state index is 0.116. The van der Waals surface area contributed by atoms with Gasteiger partial charge in [0.05, 0.1) is 11.5 Å². The van der Waals surface area contributed by atoms with E-state index < -0.39 is 5.97 Å². The number of carbonyl (C=O) groups excluding carboxylic acids is 2. The van der Waals surface area contributed by atoms with E-state index in [4.69, 9.17) is 9.47 Å². The molecule has 128 valence electrons. The van der Waals surface area contributed by atoms with Gasteiger partial charge in [-0.25, -0.2) is 0 Å². The van der Waals surface area contributed by atoms with Crippen LogP contribution in [-0.4, -0.2) is 42.6 Å². The number of amidine groups is 1. The fourth-order valence-corrected chi connectivity index (χ4v) is 3.41. The molecule has 0 atom stereocenters. The summed E-state index contributed by atoms with van der Waals surface area (Å²) in [7, 11) is 3.33. The summed E-state index contributed by atoms with van der Waals surface area (Å²) in [6.07, 6.45) is 1.76. The Morgan fingerprint density at radius 1 is 1.42 bits per heavy atom. The highest BCUT2D eigenvalue weighted by Gasteiger charge is 2.30. The molecular formula is C16H17BrN2O4S. The van der Waals surface area contributed by atoms with Gasteiger partial charge in [0.1, 0.15) is 0 Å². The van der Waals surface area contributed by atoms with E-state index in [0.29, 0.717) is 32.7 Å². The maximum atomic E-state index is 12.3. The highest BCUT2D eigenvalue weighted by atomic mass is 79.9.